The lowest BCUT2D eigenvalue weighted by Gasteiger charge is -2.30. The molecule has 1 aliphatic carbocycles. The molecule has 0 aliphatic heterocycles. The predicted octanol–water partition coefficient (Wildman–Crippen LogP) is 4.27. The molecule has 0 aromatic heterocycles. The third-order valence-electron chi connectivity index (χ3n) is 4.86. The van der Waals surface area contributed by atoms with Gasteiger partial charge in [-0.15, -0.1) is 0 Å². The van der Waals surface area contributed by atoms with Gasteiger partial charge in [0.1, 0.15) is 5.60 Å². The molecule has 1 aliphatic rings. The van der Waals surface area contributed by atoms with E-state index in [1.54, 1.807) is 39.8 Å². The second-order valence-electron chi connectivity index (χ2n) is 8.63. The van der Waals surface area contributed by atoms with E-state index in [-0.39, 0.29) is 11.9 Å². The Morgan fingerprint density at radius 2 is 1.69 bits per heavy atom. The normalized spacial score (nSPS) is 20.3. The maximum atomic E-state index is 12.4. The van der Waals surface area contributed by atoms with Crippen LogP contribution in [0.1, 0.15) is 70.7 Å². The van der Waals surface area contributed by atoms with Gasteiger partial charge in [-0.1, -0.05) is 19.8 Å². The molecule has 29 heavy (non-hydrogen) atoms. The number of hydrogen-bond donors (Lipinski definition) is 2. The van der Waals surface area contributed by atoms with Gasteiger partial charge in [-0.05, 0) is 70.7 Å². The fourth-order valence-corrected chi connectivity index (χ4v) is 3.22. The van der Waals surface area contributed by atoms with Crippen molar-refractivity contribution in [2.45, 2.75) is 78.0 Å². The van der Waals surface area contributed by atoms with Crippen LogP contribution in [0.15, 0.2) is 24.3 Å². The fourth-order valence-electron chi connectivity index (χ4n) is 3.22. The van der Waals surface area contributed by atoms with Crippen molar-refractivity contribution < 1.29 is 23.9 Å². The van der Waals surface area contributed by atoms with E-state index < -0.39 is 23.8 Å². The Labute approximate surface area is 172 Å². The number of benzene rings is 1. The zero-order valence-corrected chi connectivity index (χ0v) is 17.9. The minimum absolute atomic E-state index is 0.135. The summed E-state index contributed by atoms with van der Waals surface area (Å²) in [5.41, 5.74) is 0.193. The number of esters is 1. The Bertz CT molecular complexity index is 724. The maximum Gasteiger partial charge on any atom is 0.412 e. The van der Waals surface area contributed by atoms with E-state index in [0.717, 1.165) is 19.3 Å². The molecule has 0 saturated heterocycles. The van der Waals surface area contributed by atoms with Crippen molar-refractivity contribution in [3.63, 3.8) is 0 Å². The van der Waals surface area contributed by atoms with Crippen LogP contribution in [0, 0.1) is 5.92 Å². The molecule has 1 aromatic rings. The average Bonchev–Trinajstić information content (AvgIpc) is 2.62. The van der Waals surface area contributed by atoms with Crippen molar-refractivity contribution in [2.75, 3.05) is 5.32 Å². The van der Waals surface area contributed by atoms with Crippen molar-refractivity contribution in [3.05, 3.63) is 29.8 Å². The molecule has 0 radical (unpaired) electrons. The molecule has 1 fully saturated rings. The zero-order valence-electron chi connectivity index (χ0n) is 17.9. The summed E-state index contributed by atoms with van der Waals surface area (Å²) >= 11 is 0. The maximum absolute atomic E-state index is 12.4. The van der Waals surface area contributed by atoms with Gasteiger partial charge in [0.15, 0.2) is 6.10 Å². The van der Waals surface area contributed by atoms with Gasteiger partial charge in [0.25, 0.3) is 5.91 Å². The SMILES string of the molecule is C[C@@H](OC(=O)c1ccc(NC(=O)OC(C)(C)C)cc1)C(=O)N[C@@H]1CCCC[C@@H]1C. The van der Waals surface area contributed by atoms with Crippen LogP contribution in [0.4, 0.5) is 10.5 Å². The van der Waals surface area contributed by atoms with E-state index in [4.69, 9.17) is 9.47 Å². The molecule has 1 saturated carbocycles. The Kier molecular flexibility index (Phi) is 7.65. The van der Waals surface area contributed by atoms with Crippen LogP contribution in [0.2, 0.25) is 0 Å². The summed E-state index contributed by atoms with van der Waals surface area (Å²) in [6.07, 6.45) is 2.90. The van der Waals surface area contributed by atoms with Crippen LogP contribution in [-0.2, 0) is 14.3 Å². The molecule has 0 spiro atoms. The first-order valence-corrected chi connectivity index (χ1v) is 10.2. The summed E-state index contributed by atoms with van der Waals surface area (Å²) in [4.78, 5) is 36.5. The number of ether oxygens (including phenoxy) is 2. The molecule has 7 nitrogen and oxygen atoms in total. The average molecular weight is 405 g/mol. The lowest BCUT2D eigenvalue weighted by Crippen LogP contribution is -2.45. The molecular formula is C22H32N2O5. The van der Waals surface area contributed by atoms with Gasteiger partial charge in [-0.2, -0.15) is 0 Å². The molecule has 0 bridgehead atoms. The Morgan fingerprint density at radius 3 is 2.28 bits per heavy atom. The molecule has 0 heterocycles. The lowest BCUT2D eigenvalue weighted by molar-refractivity contribution is -0.130. The third kappa shape index (κ3) is 7.40. The van der Waals surface area contributed by atoms with E-state index in [9.17, 15) is 14.4 Å². The topological polar surface area (TPSA) is 93.7 Å². The fraction of sp³-hybridized carbons (Fsp3) is 0.591. The molecule has 160 valence electrons. The van der Waals surface area contributed by atoms with E-state index >= 15 is 0 Å². The number of carbonyl (C=O) groups excluding carboxylic acids is 3. The highest BCUT2D eigenvalue weighted by atomic mass is 16.6. The summed E-state index contributed by atoms with van der Waals surface area (Å²) in [7, 11) is 0. The van der Waals surface area contributed by atoms with Crippen molar-refractivity contribution in [2.24, 2.45) is 5.92 Å². The molecule has 0 unspecified atom stereocenters. The van der Waals surface area contributed by atoms with Crippen LogP contribution < -0.4 is 10.6 Å². The molecule has 2 N–H and O–H groups in total. The van der Waals surface area contributed by atoms with Crippen LogP contribution in [0.25, 0.3) is 0 Å². The zero-order chi connectivity index (χ0) is 21.6. The summed E-state index contributed by atoms with van der Waals surface area (Å²) in [6.45, 7) is 9.03. The van der Waals surface area contributed by atoms with Gasteiger partial charge in [0, 0.05) is 11.7 Å². The largest absolute Gasteiger partial charge is 0.449 e. The molecule has 3 atom stereocenters. The van der Waals surface area contributed by atoms with Crippen molar-refractivity contribution in [3.8, 4) is 0 Å². The van der Waals surface area contributed by atoms with Gasteiger partial charge in [0.05, 0.1) is 5.56 Å². The number of hydrogen-bond acceptors (Lipinski definition) is 5. The van der Waals surface area contributed by atoms with Crippen LogP contribution in [0.5, 0.6) is 0 Å². The summed E-state index contributed by atoms with van der Waals surface area (Å²) in [5, 5.41) is 5.59. The van der Waals surface area contributed by atoms with Crippen molar-refractivity contribution in [1.29, 1.82) is 0 Å². The van der Waals surface area contributed by atoms with Crippen LogP contribution in [-0.4, -0.2) is 35.7 Å². The van der Waals surface area contributed by atoms with Gasteiger partial charge < -0.3 is 14.8 Å². The minimum Gasteiger partial charge on any atom is -0.449 e. The van der Waals surface area contributed by atoms with E-state index in [1.807, 2.05) is 0 Å². The highest BCUT2D eigenvalue weighted by Crippen LogP contribution is 2.24. The molecule has 1 aromatic carbocycles. The standard InChI is InChI=1S/C22H32N2O5/c1-14-8-6-7-9-18(14)24-19(25)15(2)28-20(26)16-10-12-17(13-11-16)23-21(27)29-22(3,4)5/h10-15,18H,6-9H2,1-5H3,(H,23,27)(H,24,25)/t14-,15+,18+/m0/s1. The summed E-state index contributed by atoms with van der Waals surface area (Å²) < 4.78 is 10.5. The van der Waals surface area contributed by atoms with E-state index in [0.29, 0.717) is 17.2 Å². The number of carbonyl (C=O) groups is 3. The second kappa shape index (κ2) is 9.76. The number of rotatable bonds is 5. The molecule has 2 rings (SSSR count). The van der Waals surface area contributed by atoms with Gasteiger partial charge in [-0.3, -0.25) is 10.1 Å². The number of nitrogens with one attached hydrogen (secondary N) is 2. The summed E-state index contributed by atoms with van der Waals surface area (Å²) in [5.74, 6) is -0.436. The minimum atomic E-state index is -0.879. The first kappa shape index (κ1) is 22.7. The lowest BCUT2D eigenvalue weighted by atomic mass is 9.86. The first-order chi connectivity index (χ1) is 13.5. The van der Waals surface area contributed by atoms with E-state index in [2.05, 4.69) is 17.6 Å². The van der Waals surface area contributed by atoms with Crippen LogP contribution >= 0.6 is 0 Å². The third-order valence-corrected chi connectivity index (χ3v) is 4.86. The van der Waals surface area contributed by atoms with Crippen LogP contribution in [0.3, 0.4) is 0 Å². The Morgan fingerprint density at radius 1 is 1.07 bits per heavy atom. The Balaban J connectivity index is 1.86. The second-order valence-corrected chi connectivity index (χ2v) is 8.63. The van der Waals surface area contributed by atoms with Gasteiger partial charge in [-0.25, -0.2) is 9.59 Å². The quantitative estimate of drug-likeness (QED) is 0.715. The highest BCUT2D eigenvalue weighted by molar-refractivity contribution is 5.93. The summed E-state index contributed by atoms with van der Waals surface area (Å²) in [6, 6.07) is 6.35. The predicted molar refractivity (Wildman–Crippen MR) is 111 cm³/mol. The number of amides is 2. The molecule has 7 heteroatoms. The smallest absolute Gasteiger partial charge is 0.412 e. The monoisotopic (exact) mass is 404 g/mol. The Hall–Kier alpha value is -2.57. The van der Waals surface area contributed by atoms with E-state index in [1.165, 1.54) is 18.6 Å². The van der Waals surface area contributed by atoms with Crippen molar-refractivity contribution in [1.82, 2.24) is 5.32 Å². The highest BCUT2D eigenvalue weighted by Gasteiger charge is 2.26. The van der Waals surface area contributed by atoms with Gasteiger partial charge in [0.2, 0.25) is 0 Å². The van der Waals surface area contributed by atoms with Gasteiger partial charge >= 0.3 is 12.1 Å². The first-order valence-electron chi connectivity index (χ1n) is 10.2. The molecular weight excluding hydrogens is 372 g/mol. The molecule has 2 amide bonds. The number of anilines is 1. The van der Waals surface area contributed by atoms with Crippen molar-refractivity contribution >= 4 is 23.7 Å².